The lowest BCUT2D eigenvalue weighted by atomic mass is 10.3. The van der Waals surface area contributed by atoms with E-state index in [0.29, 0.717) is 5.88 Å². The Morgan fingerprint density at radius 2 is 2.04 bits per heavy atom. The van der Waals surface area contributed by atoms with Gasteiger partial charge in [-0.15, -0.1) is 0 Å². The standard InChI is InChI=1S/C16H28N6S/c1-4-6-17-13-23-16-19-14(18-7-5-2)12-15(20-16)22-10-8-21(3)9-11-22/h6,12H,4-5,7-11,13H2,1-3H3,(H,18,19,20)/b17-6+. The Morgan fingerprint density at radius 1 is 1.26 bits per heavy atom. The SMILES string of the molecule is CC/C=N/CSc1nc(NCCC)cc(N2CCN(C)CC2)n1. The van der Waals surface area contributed by atoms with Crippen LogP contribution in [0.1, 0.15) is 26.7 Å². The maximum Gasteiger partial charge on any atom is 0.193 e. The van der Waals surface area contributed by atoms with Gasteiger partial charge in [-0.2, -0.15) is 0 Å². The predicted molar refractivity (Wildman–Crippen MR) is 100 cm³/mol. The molecule has 1 aromatic rings. The molecule has 0 unspecified atom stereocenters. The molecule has 1 aromatic heterocycles. The lowest BCUT2D eigenvalue weighted by Crippen LogP contribution is -2.44. The summed E-state index contributed by atoms with van der Waals surface area (Å²) < 4.78 is 0. The van der Waals surface area contributed by atoms with Crippen molar-refractivity contribution in [3.63, 3.8) is 0 Å². The Bertz CT molecular complexity index is 499. The van der Waals surface area contributed by atoms with Gasteiger partial charge in [0.2, 0.25) is 0 Å². The van der Waals surface area contributed by atoms with Gasteiger partial charge in [-0.05, 0) is 26.1 Å². The normalized spacial score (nSPS) is 16.2. The average molecular weight is 337 g/mol. The number of piperazine rings is 1. The van der Waals surface area contributed by atoms with Crippen molar-refractivity contribution in [3.05, 3.63) is 6.07 Å². The first-order valence-electron chi connectivity index (χ1n) is 8.40. The third-order valence-electron chi connectivity index (χ3n) is 3.66. The number of nitrogens with one attached hydrogen (secondary N) is 1. The zero-order valence-electron chi connectivity index (χ0n) is 14.5. The fraction of sp³-hybridized carbons (Fsp3) is 0.688. The second kappa shape index (κ2) is 9.72. The van der Waals surface area contributed by atoms with Gasteiger partial charge in [0.15, 0.2) is 5.16 Å². The van der Waals surface area contributed by atoms with Crippen LogP contribution in [0.15, 0.2) is 16.2 Å². The van der Waals surface area contributed by atoms with E-state index in [0.717, 1.165) is 62.4 Å². The molecule has 0 radical (unpaired) electrons. The first-order chi connectivity index (χ1) is 11.2. The summed E-state index contributed by atoms with van der Waals surface area (Å²) in [7, 11) is 2.17. The van der Waals surface area contributed by atoms with Crippen LogP contribution >= 0.6 is 11.8 Å². The zero-order valence-corrected chi connectivity index (χ0v) is 15.3. The van der Waals surface area contributed by atoms with Crippen LogP contribution in [0.5, 0.6) is 0 Å². The van der Waals surface area contributed by atoms with Crippen LogP contribution in [0.3, 0.4) is 0 Å². The molecule has 1 fully saturated rings. The van der Waals surface area contributed by atoms with E-state index in [4.69, 9.17) is 4.98 Å². The lowest BCUT2D eigenvalue weighted by Gasteiger charge is -2.33. The summed E-state index contributed by atoms with van der Waals surface area (Å²) in [5, 5.41) is 4.18. The minimum absolute atomic E-state index is 0.674. The van der Waals surface area contributed by atoms with Crippen molar-refractivity contribution in [2.75, 3.05) is 55.9 Å². The number of nitrogens with zero attached hydrogens (tertiary/aromatic N) is 5. The largest absolute Gasteiger partial charge is 0.370 e. The molecule has 7 heteroatoms. The molecule has 0 amide bonds. The van der Waals surface area contributed by atoms with E-state index in [9.17, 15) is 0 Å². The van der Waals surface area contributed by atoms with Gasteiger partial charge in [0, 0.05) is 38.8 Å². The van der Waals surface area contributed by atoms with Crippen molar-refractivity contribution >= 4 is 29.6 Å². The third kappa shape index (κ3) is 5.99. The molecule has 0 aliphatic carbocycles. The van der Waals surface area contributed by atoms with Gasteiger partial charge in [0.05, 0.1) is 5.88 Å². The summed E-state index contributed by atoms with van der Waals surface area (Å²) in [5.74, 6) is 2.61. The highest BCUT2D eigenvalue weighted by molar-refractivity contribution is 7.99. The van der Waals surface area contributed by atoms with E-state index < -0.39 is 0 Å². The Kier molecular flexibility index (Phi) is 7.61. The van der Waals surface area contributed by atoms with Crippen molar-refractivity contribution in [2.24, 2.45) is 4.99 Å². The molecule has 2 heterocycles. The zero-order chi connectivity index (χ0) is 16.5. The quantitative estimate of drug-likeness (QED) is 0.447. The van der Waals surface area contributed by atoms with Crippen LogP contribution in [0, 0.1) is 0 Å². The molecule has 1 N–H and O–H groups in total. The fourth-order valence-corrected chi connectivity index (χ4v) is 2.91. The Labute approximate surface area is 143 Å². The number of rotatable bonds is 8. The number of likely N-dealkylation sites (N-methyl/N-ethyl adjacent to an activating group) is 1. The third-order valence-corrected chi connectivity index (χ3v) is 4.37. The van der Waals surface area contributed by atoms with Crippen molar-refractivity contribution in [1.29, 1.82) is 0 Å². The summed E-state index contributed by atoms with van der Waals surface area (Å²) in [5.41, 5.74) is 0. The van der Waals surface area contributed by atoms with Crippen LogP contribution in [0.25, 0.3) is 0 Å². The van der Waals surface area contributed by atoms with E-state index in [1.54, 1.807) is 11.8 Å². The molecular weight excluding hydrogens is 308 g/mol. The maximum atomic E-state index is 4.73. The number of hydrogen-bond acceptors (Lipinski definition) is 7. The van der Waals surface area contributed by atoms with Crippen LogP contribution in [-0.4, -0.2) is 66.7 Å². The molecule has 1 saturated heterocycles. The van der Waals surface area contributed by atoms with Crippen molar-refractivity contribution < 1.29 is 0 Å². The molecule has 128 valence electrons. The topological polar surface area (TPSA) is 56.7 Å². The number of aliphatic imine (C=N–C) groups is 1. The molecule has 1 aliphatic rings. The first-order valence-corrected chi connectivity index (χ1v) is 9.39. The highest BCUT2D eigenvalue weighted by Crippen LogP contribution is 2.22. The van der Waals surface area contributed by atoms with E-state index in [-0.39, 0.29) is 0 Å². The van der Waals surface area contributed by atoms with Gasteiger partial charge in [-0.3, -0.25) is 4.99 Å². The van der Waals surface area contributed by atoms with Gasteiger partial charge < -0.3 is 15.1 Å². The molecule has 0 atom stereocenters. The molecule has 0 saturated carbocycles. The highest BCUT2D eigenvalue weighted by atomic mass is 32.2. The first kappa shape index (κ1) is 18.0. The number of aromatic nitrogens is 2. The number of hydrogen-bond donors (Lipinski definition) is 1. The van der Waals surface area contributed by atoms with Crippen LogP contribution in [0.4, 0.5) is 11.6 Å². The second-order valence-electron chi connectivity index (χ2n) is 5.66. The van der Waals surface area contributed by atoms with Gasteiger partial charge in [-0.25, -0.2) is 9.97 Å². The van der Waals surface area contributed by atoms with Gasteiger partial charge in [0.1, 0.15) is 11.6 Å². The lowest BCUT2D eigenvalue weighted by molar-refractivity contribution is 0.312. The molecule has 0 aromatic carbocycles. The van der Waals surface area contributed by atoms with Crippen molar-refractivity contribution in [3.8, 4) is 0 Å². The van der Waals surface area contributed by atoms with Gasteiger partial charge >= 0.3 is 0 Å². The fourth-order valence-electron chi connectivity index (χ4n) is 2.30. The minimum atomic E-state index is 0.674. The summed E-state index contributed by atoms with van der Waals surface area (Å²) in [4.78, 5) is 18.4. The van der Waals surface area contributed by atoms with Crippen molar-refractivity contribution in [1.82, 2.24) is 14.9 Å². The number of thioether (sulfide) groups is 1. The van der Waals surface area contributed by atoms with Crippen LogP contribution in [0.2, 0.25) is 0 Å². The average Bonchev–Trinajstić information content (AvgIpc) is 2.57. The highest BCUT2D eigenvalue weighted by Gasteiger charge is 2.17. The van der Waals surface area contributed by atoms with Gasteiger partial charge in [-0.1, -0.05) is 25.6 Å². The van der Waals surface area contributed by atoms with Crippen LogP contribution in [-0.2, 0) is 0 Å². The molecule has 1 aliphatic heterocycles. The Hall–Kier alpha value is -1.34. The molecule has 6 nitrogen and oxygen atoms in total. The molecule has 0 spiro atoms. The van der Waals surface area contributed by atoms with E-state index in [2.05, 4.69) is 52.1 Å². The van der Waals surface area contributed by atoms with E-state index >= 15 is 0 Å². The van der Waals surface area contributed by atoms with Gasteiger partial charge in [0.25, 0.3) is 0 Å². The summed E-state index contributed by atoms with van der Waals surface area (Å²) in [6.07, 6.45) is 3.98. The molecule has 2 rings (SSSR count). The molecule has 23 heavy (non-hydrogen) atoms. The number of anilines is 2. The summed E-state index contributed by atoms with van der Waals surface area (Å²) in [6.45, 7) is 9.35. The van der Waals surface area contributed by atoms with E-state index in [1.165, 1.54) is 0 Å². The molecular formula is C16H28N6S. The summed E-state index contributed by atoms with van der Waals surface area (Å²) >= 11 is 1.59. The minimum Gasteiger partial charge on any atom is -0.370 e. The smallest absolute Gasteiger partial charge is 0.193 e. The Morgan fingerprint density at radius 3 is 2.74 bits per heavy atom. The summed E-state index contributed by atoms with van der Waals surface area (Å²) in [6, 6.07) is 2.07. The Balaban J connectivity index is 2.10. The van der Waals surface area contributed by atoms with Crippen LogP contribution < -0.4 is 10.2 Å². The predicted octanol–water partition coefficient (Wildman–Crippen LogP) is 2.58. The van der Waals surface area contributed by atoms with E-state index in [1.807, 2.05) is 6.21 Å². The van der Waals surface area contributed by atoms with Crippen molar-refractivity contribution in [2.45, 2.75) is 31.8 Å². The maximum absolute atomic E-state index is 4.73. The second-order valence-corrected chi connectivity index (χ2v) is 6.57. The monoisotopic (exact) mass is 336 g/mol. The molecule has 0 bridgehead atoms.